The summed E-state index contributed by atoms with van der Waals surface area (Å²) >= 11 is 0. The Balaban J connectivity index is 1.20. The molecule has 8 rings (SSSR count). The first-order valence-corrected chi connectivity index (χ1v) is 28.3. The summed E-state index contributed by atoms with van der Waals surface area (Å²) in [5.41, 5.74) is 7.01. The van der Waals surface area contributed by atoms with Crippen molar-refractivity contribution in [1.29, 1.82) is 0 Å². The Labute approximate surface area is 423 Å². The number of hydrogen-bond donors (Lipinski definition) is 3. The second kappa shape index (κ2) is 20.1. The van der Waals surface area contributed by atoms with E-state index in [1.165, 1.54) is 0 Å². The van der Waals surface area contributed by atoms with Crippen molar-refractivity contribution in [3.8, 4) is 22.3 Å². The molecule has 9 heteroatoms. The summed E-state index contributed by atoms with van der Waals surface area (Å²) in [5, 5.41) is 20.7. The van der Waals surface area contributed by atoms with E-state index in [0.29, 0.717) is 0 Å². The fourth-order valence-corrected chi connectivity index (χ4v) is 11.5. The van der Waals surface area contributed by atoms with Crippen molar-refractivity contribution < 1.29 is 28.6 Å². The van der Waals surface area contributed by atoms with Gasteiger partial charge in [0.1, 0.15) is 23.3 Å². The van der Waals surface area contributed by atoms with Crippen LogP contribution in [-0.2, 0) is 34.6 Å². The maximum Gasteiger partial charge on any atom is 0.323 e. The largest absolute Gasteiger partial charge is 0.459 e. The van der Waals surface area contributed by atoms with Crippen LogP contribution in [0.2, 0.25) is 18.1 Å². The number of ether oxygens (including phenoxy) is 2. The van der Waals surface area contributed by atoms with Gasteiger partial charge >= 0.3 is 11.9 Å². The molecule has 0 bridgehead atoms. The van der Waals surface area contributed by atoms with E-state index in [-0.39, 0.29) is 30.9 Å². The van der Waals surface area contributed by atoms with Crippen molar-refractivity contribution in [1.82, 2.24) is 10.6 Å². The number of rotatable bonds is 17. The second-order valence-corrected chi connectivity index (χ2v) is 27.9. The average molecular weight is 971 g/mol. The van der Waals surface area contributed by atoms with Gasteiger partial charge in [0.05, 0.1) is 17.2 Å². The Morgan fingerprint density at radius 1 is 0.507 bits per heavy atom. The van der Waals surface area contributed by atoms with Gasteiger partial charge in [0, 0.05) is 12.5 Å². The standard InChI is InChI=1S/C62H74N2O6Si/c1-58(2,3)69-56(66)53(63-61(43-26-14-12-15-27-43)49-34-22-18-30-45(49)46-31-19-23-35-50(46)61)38-39-55(65)42(41-68-71(10,11)60(7,8)9)40-54(57(67)70-59(4,5)6)64-62(44-28-16-13-17-29-44)51-36-24-20-32-47(51)48-33-21-25-37-52(48)62/h12-37,42,53-55,63-65H,38-41H2,1-11H3/t42-,53-,54-,55-/m0/s1. The van der Waals surface area contributed by atoms with Gasteiger partial charge in [0.25, 0.3) is 0 Å². The van der Waals surface area contributed by atoms with Gasteiger partial charge in [-0.3, -0.25) is 20.2 Å². The first kappa shape index (κ1) is 51.7. The lowest BCUT2D eigenvalue weighted by atomic mass is 9.79. The summed E-state index contributed by atoms with van der Waals surface area (Å²) in [7, 11) is -2.39. The van der Waals surface area contributed by atoms with Gasteiger partial charge in [0.15, 0.2) is 8.32 Å². The summed E-state index contributed by atoms with van der Waals surface area (Å²) < 4.78 is 19.6. The maximum absolute atomic E-state index is 15.0. The molecule has 2 aliphatic rings. The zero-order valence-corrected chi connectivity index (χ0v) is 44.6. The topological polar surface area (TPSA) is 106 Å². The highest BCUT2D eigenvalue weighted by atomic mass is 28.4. The Kier molecular flexibility index (Phi) is 14.6. The highest BCUT2D eigenvalue weighted by molar-refractivity contribution is 6.74. The third-order valence-corrected chi connectivity index (χ3v) is 19.3. The minimum absolute atomic E-state index is 0.120. The lowest BCUT2D eigenvalue weighted by Gasteiger charge is -2.41. The summed E-state index contributed by atoms with van der Waals surface area (Å²) in [4.78, 5) is 29.8. The van der Waals surface area contributed by atoms with E-state index >= 15 is 4.79 Å². The lowest BCUT2D eigenvalue weighted by molar-refractivity contribution is -0.159. The van der Waals surface area contributed by atoms with Crippen LogP contribution in [0.3, 0.4) is 0 Å². The molecule has 2 aliphatic carbocycles. The van der Waals surface area contributed by atoms with Crippen LogP contribution in [-0.4, -0.2) is 61.4 Å². The molecule has 372 valence electrons. The van der Waals surface area contributed by atoms with Crippen LogP contribution in [0.25, 0.3) is 22.3 Å². The summed E-state index contributed by atoms with van der Waals surface area (Å²) in [6.45, 7) is 22.5. The number of nitrogens with one attached hydrogen (secondary N) is 2. The zero-order chi connectivity index (χ0) is 51.0. The molecule has 0 aromatic heterocycles. The molecule has 0 fully saturated rings. The number of esters is 2. The normalized spacial score (nSPS) is 16.4. The minimum atomic E-state index is -2.39. The fraction of sp³-hybridized carbons (Fsp3) is 0.387. The third kappa shape index (κ3) is 10.5. The molecule has 8 nitrogen and oxygen atoms in total. The van der Waals surface area contributed by atoms with Gasteiger partial charge < -0.3 is 19.0 Å². The number of hydrogen-bond acceptors (Lipinski definition) is 8. The molecule has 71 heavy (non-hydrogen) atoms. The predicted molar refractivity (Wildman–Crippen MR) is 288 cm³/mol. The van der Waals surface area contributed by atoms with E-state index < -0.39 is 66.6 Å². The summed E-state index contributed by atoms with van der Waals surface area (Å²) in [5.74, 6) is -1.40. The predicted octanol–water partition coefficient (Wildman–Crippen LogP) is 12.7. The van der Waals surface area contributed by atoms with Gasteiger partial charge in [-0.2, -0.15) is 0 Å². The van der Waals surface area contributed by atoms with E-state index in [4.69, 9.17) is 13.9 Å². The van der Waals surface area contributed by atoms with Gasteiger partial charge in [-0.15, -0.1) is 0 Å². The Morgan fingerprint density at radius 3 is 1.21 bits per heavy atom. The molecule has 0 spiro atoms. The van der Waals surface area contributed by atoms with Crippen molar-refractivity contribution in [3.05, 3.63) is 191 Å². The maximum atomic E-state index is 15.0. The second-order valence-electron chi connectivity index (χ2n) is 23.1. The van der Waals surface area contributed by atoms with Gasteiger partial charge in [0.2, 0.25) is 0 Å². The van der Waals surface area contributed by atoms with E-state index in [0.717, 1.165) is 55.6 Å². The molecule has 0 unspecified atom stereocenters. The highest BCUT2D eigenvalue weighted by Gasteiger charge is 2.50. The highest BCUT2D eigenvalue weighted by Crippen LogP contribution is 2.53. The first-order valence-electron chi connectivity index (χ1n) is 25.4. The number of fused-ring (bicyclic) bond motifs is 6. The van der Waals surface area contributed by atoms with Crippen molar-refractivity contribution in [2.45, 2.75) is 140 Å². The molecule has 0 amide bonds. The number of aliphatic hydroxyl groups excluding tert-OH is 1. The molecule has 0 saturated carbocycles. The first-order chi connectivity index (χ1) is 33.6. The molecule has 0 saturated heterocycles. The van der Waals surface area contributed by atoms with E-state index in [1.807, 2.05) is 102 Å². The number of carbonyl (C=O) groups is 2. The van der Waals surface area contributed by atoms with Crippen LogP contribution >= 0.6 is 0 Å². The minimum Gasteiger partial charge on any atom is -0.459 e. The number of aliphatic hydroxyl groups is 1. The molecular formula is C62H74N2O6Si. The van der Waals surface area contributed by atoms with Gasteiger partial charge in [-0.25, -0.2) is 0 Å². The van der Waals surface area contributed by atoms with E-state index in [9.17, 15) is 9.90 Å². The van der Waals surface area contributed by atoms with Crippen LogP contribution in [0.5, 0.6) is 0 Å². The molecular weight excluding hydrogens is 897 g/mol. The number of benzene rings is 6. The van der Waals surface area contributed by atoms with Crippen LogP contribution in [0.15, 0.2) is 158 Å². The molecule has 0 aliphatic heterocycles. The molecule has 0 heterocycles. The van der Waals surface area contributed by atoms with Gasteiger partial charge in [-0.1, -0.05) is 178 Å². The fourth-order valence-electron chi connectivity index (χ4n) is 10.4. The quantitative estimate of drug-likeness (QED) is 0.0613. The van der Waals surface area contributed by atoms with Crippen molar-refractivity contribution in [3.63, 3.8) is 0 Å². The van der Waals surface area contributed by atoms with E-state index in [2.05, 4.69) is 142 Å². The Hall–Kier alpha value is -5.68. The molecule has 3 N–H and O–H groups in total. The van der Waals surface area contributed by atoms with Crippen molar-refractivity contribution in [2.75, 3.05) is 6.61 Å². The number of carbonyl (C=O) groups excluding carboxylic acids is 2. The van der Waals surface area contributed by atoms with E-state index in [1.54, 1.807) is 0 Å². The van der Waals surface area contributed by atoms with Crippen molar-refractivity contribution in [2.24, 2.45) is 5.92 Å². The molecule has 0 radical (unpaired) electrons. The van der Waals surface area contributed by atoms with Crippen LogP contribution < -0.4 is 10.6 Å². The summed E-state index contributed by atoms with van der Waals surface area (Å²) in [6, 6.07) is 52.3. The zero-order valence-electron chi connectivity index (χ0n) is 43.6. The van der Waals surface area contributed by atoms with Gasteiger partial charge in [-0.05, 0) is 135 Å². The molecule has 6 aromatic rings. The lowest BCUT2D eigenvalue weighted by Crippen LogP contribution is -2.55. The smallest absolute Gasteiger partial charge is 0.323 e. The van der Waals surface area contributed by atoms with Crippen LogP contribution in [0, 0.1) is 5.92 Å². The van der Waals surface area contributed by atoms with Crippen molar-refractivity contribution >= 4 is 20.3 Å². The van der Waals surface area contributed by atoms with Crippen LogP contribution in [0.1, 0.15) is 115 Å². The Bertz CT molecular complexity index is 2730. The molecule has 4 atom stereocenters. The average Bonchev–Trinajstić information content (AvgIpc) is 3.78. The monoisotopic (exact) mass is 971 g/mol. The SMILES string of the molecule is CC(C)(C)OC(=O)[C@H](CC[C@H](O)[C@H](CO[Si](C)(C)C(C)(C)C)C[C@H](NC1(c2ccccc2)c2ccccc2-c2ccccc21)C(=O)OC(C)(C)C)NC1(c2ccccc2)c2ccccc2-c2ccccc21. The summed E-state index contributed by atoms with van der Waals surface area (Å²) in [6.07, 6.45) is -0.397. The van der Waals surface area contributed by atoms with Crippen LogP contribution in [0.4, 0.5) is 0 Å². The third-order valence-electron chi connectivity index (χ3n) is 14.8. The molecule has 6 aromatic carbocycles. The Morgan fingerprint density at radius 2 is 0.845 bits per heavy atom.